The molecule has 0 saturated heterocycles. The molecule has 69 valence electrons. The van der Waals surface area contributed by atoms with Crippen LogP contribution in [0.25, 0.3) is 0 Å². The van der Waals surface area contributed by atoms with Gasteiger partial charge in [0.25, 0.3) is 0 Å². The summed E-state index contributed by atoms with van der Waals surface area (Å²) in [6, 6.07) is 1.54. The molecule has 1 nitrogen and oxygen atoms in total. The summed E-state index contributed by atoms with van der Waals surface area (Å²) in [6.07, 6.45) is 1.17. The topological polar surface area (TPSA) is 17.1 Å². The van der Waals surface area contributed by atoms with Crippen molar-refractivity contribution in [2.75, 3.05) is 0 Å². The third-order valence-electron chi connectivity index (χ3n) is 1.62. The minimum atomic E-state index is -1.23. The van der Waals surface area contributed by atoms with Crippen molar-refractivity contribution in [1.82, 2.24) is 0 Å². The molecule has 0 spiro atoms. The summed E-state index contributed by atoms with van der Waals surface area (Å²) in [5.41, 5.74) is -0.400. The maximum absolute atomic E-state index is 12.8. The summed E-state index contributed by atoms with van der Waals surface area (Å²) in [5.74, 6) is -3.17. The van der Waals surface area contributed by atoms with Crippen LogP contribution in [0.5, 0.6) is 0 Å². The van der Waals surface area contributed by atoms with Crippen molar-refractivity contribution in [3.63, 3.8) is 0 Å². The molecule has 1 radical (unpaired) electrons. The van der Waals surface area contributed by atoms with Crippen LogP contribution >= 0.6 is 0 Å². The monoisotopic (exact) mass is 187 g/mol. The van der Waals surface area contributed by atoms with Gasteiger partial charge in [-0.3, -0.25) is 4.79 Å². The van der Waals surface area contributed by atoms with E-state index >= 15 is 0 Å². The number of hydrogen-bond donors (Lipinski definition) is 0. The molecular formula is C9H6F3O. The Morgan fingerprint density at radius 3 is 2.38 bits per heavy atom. The fraction of sp³-hybridized carbons (Fsp3) is 0.222. The molecule has 1 aromatic carbocycles. The van der Waals surface area contributed by atoms with Crippen molar-refractivity contribution in [3.8, 4) is 0 Å². The van der Waals surface area contributed by atoms with E-state index in [2.05, 4.69) is 0 Å². The molecule has 0 aliphatic rings. The Hall–Kier alpha value is -1.32. The zero-order valence-electron chi connectivity index (χ0n) is 6.61. The SMILES string of the molecule is O=[C]CCc1c(F)ccc(F)c1F. The zero-order chi connectivity index (χ0) is 9.84. The summed E-state index contributed by atoms with van der Waals surface area (Å²) in [6.45, 7) is 0. The van der Waals surface area contributed by atoms with Gasteiger partial charge < -0.3 is 0 Å². The quantitative estimate of drug-likeness (QED) is 0.662. The van der Waals surface area contributed by atoms with Crippen molar-refractivity contribution in [1.29, 1.82) is 0 Å². The zero-order valence-corrected chi connectivity index (χ0v) is 6.61. The molecule has 4 heteroatoms. The van der Waals surface area contributed by atoms with E-state index in [1.165, 1.54) is 6.29 Å². The van der Waals surface area contributed by atoms with E-state index < -0.39 is 23.0 Å². The van der Waals surface area contributed by atoms with Crippen LogP contribution in [0.2, 0.25) is 0 Å². The number of halogens is 3. The fourth-order valence-corrected chi connectivity index (χ4v) is 0.974. The van der Waals surface area contributed by atoms with Gasteiger partial charge in [-0.05, 0) is 18.6 Å². The largest absolute Gasteiger partial charge is 0.291 e. The van der Waals surface area contributed by atoms with E-state index in [9.17, 15) is 18.0 Å². The molecule has 1 rings (SSSR count). The number of hydrogen-bond acceptors (Lipinski definition) is 1. The first-order valence-corrected chi connectivity index (χ1v) is 3.64. The lowest BCUT2D eigenvalue weighted by molar-refractivity contribution is 0.478. The van der Waals surface area contributed by atoms with Gasteiger partial charge in [-0.2, -0.15) is 0 Å². The summed E-state index contributed by atoms with van der Waals surface area (Å²) < 4.78 is 38.2. The molecule has 0 unspecified atom stereocenters. The molecule has 1 aromatic rings. The maximum Gasteiger partial charge on any atom is 0.198 e. The second kappa shape index (κ2) is 4.07. The van der Waals surface area contributed by atoms with Gasteiger partial charge in [0.1, 0.15) is 5.82 Å². The van der Waals surface area contributed by atoms with Gasteiger partial charge in [0, 0.05) is 12.0 Å². The molecule has 0 aromatic heterocycles. The van der Waals surface area contributed by atoms with Gasteiger partial charge in [-0.1, -0.05) is 0 Å². The molecular weight excluding hydrogens is 181 g/mol. The van der Waals surface area contributed by atoms with Crippen molar-refractivity contribution in [2.45, 2.75) is 12.8 Å². The Morgan fingerprint density at radius 2 is 1.77 bits per heavy atom. The van der Waals surface area contributed by atoms with Crippen molar-refractivity contribution < 1.29 is 18.0 Å². The Bertz CT molecular complexity index is 323. The van der Waals surface area contributed by atoms with Gasteiger partial charge in [0.05, 0.1) is 0 Å². The standard InChI is InChI=1S/C9H6F3O/c10-7-3-4-8(11)9(12)6(7)2-1-5-13/h3-4H,1-2H2. The molecule has 0 N–H and O–H groups in total. The lowest BCUT2D eigenvalue weighted by Crippen LogP contribution is -1.99. The van der Waals surface area contributed by atoms with Crippen LogP contribution in [0.15, 0.2) is 12.1 Å². The minimum Gasteiger partial charge on any atom is -0.291 e. The molecule has 0 aliphatic heterocycles. The van der Waals surface area contributed by atoms with E-state index in [1.54, 1.807) is 0 Å². The highest BCUT2D eigenvalue weighted by molar-refractivity contribution is 5.51. The Kier molecular flexibility index (Phi) is 3.06. The van der Waals surface area contributed by atoms with E-state index in [-0.39, 0.29) is 12.8 Å². The average molecular weight is 187 g/mol. The first-order chi connectivity index (χ1) is 6.16. The highest BCUT2D eigenvalue weighted by Crippen LogP contribution is 2.16. The summed E-state index contributed by atoms with van der Waals surface area (Å²) >= 11 is 0. The van der Waals surface area contributed by atoms with Crippen LogP contribution in [0.4, 0.5) is 13.2 Å². The number of carbonyl (C=O) groups excluding carboxylic acids is 1. The predicted molar refractivity (Wildman–Crippen MR) is 40.3 cm³/mol. The molecule has 0 amide bonds. The van der Waals surface area contributed by atoms with E-state index in [0.29, 0.717) is 6.07 Å². The lowest BCUT2D eigenvalue weighted by atomic mass is 10.1. The van der Waals surface area contributed by atoms with Gasteiger partial charge in [-0.25, -0.2) is 13.2 Å². The highest BCUT2D eigenvalue weighted by Gasteiger charge is 2.12. The van der Waals surface area contributed by atoms with Crippen LogP contribution in [-0.4, -0.2) is 6.29 Å². The van der Waals surface area contributed by atoms with Crippen LogP contribution < -0.4 is 0 Å². The minimum absolute atomic E-state index is 0.142. The van der Waals surface area contributed by atoms with Gasteiger partial charge in [0.2, 0.25) is 0 Å². The maximum atomic E-state index is 12.8. The second-order valence-electron chi connectivity index (χ2n) is 2.47. The third-order valence-corrected chi connectivity index (χ3v) is 1.62. The molecule has 0 aliphatic carbocycles. The Labute approximate surface area is 73.2 Å². The third kappa shape index (κ3) is 2.08. The van der Waals surface area contributed by atoms with Gasteiger partial charge >= 0.3 is 0 Å². The van der Waals surface area contributed by atoms with Crippen LogP contribution in [0.1, 0.15) is 12.0 Å². The van der Waals surface area contributed by atoms with Gasteiger partial charge in [-0.15, -0.1) is 0 Å². The van der Waals surface area contributed by atoms with Crippen molar-refractivity contribution in [3.05, 3.63) is 35.1 Å². The van der Waals surface area contributed by atoms with Crippen molar-refractivity contribution in [2.24, 2.45) is 0 Å². The highest BCUT2D eigenvalue weighted by atomic mass is 19.2. The summed E-state index contributed by atoms with van der Waals surface area (Å²) in [7, 11) is 0. The van der Waals surface area contributed by atoms with Crippen molar-refractivity contribution >= 4 is 6.29 Å². The molecule has 13 heavy (non-hydrogen) atoms. The predicted octanol–water partition coefficient (Wildman–Crippen LogP) is 2.15. The second-order valence-corrected chi connectivity index (χ2v) is 2.47. The number of benzene rings is 1. The smallest absolute Gasteiger partial charge is 0.198 e. The summed E-state index contributed by atoms with van der Waals surface area (Å²) in [5, 5.41) is 0. The average Bonchev–Trinajstić information content (AvgIpc) is 2.12. The normalized spacial score (nSPS) is 10.1. The first-order valence-electron chi connectivity index (χ1n) is 3.64. The number of rotatable bonds is 3. The van der Waals surface area contributed by atoms with Crippen LogP contribution in [0, 0.1) is 17.5 Å². The van der Waals surface area contributed by atoms with Crippen LogP contribution in [0.3, 0.4) is 0 Å². The lowest BCUT2D eigenvalue weighted by Gasteiger charge is -2.02. The summed E-state index contributed by atoms with van der Waals surface area (Å²) in [4.78, 5) is 9.82. The molecule has 0 heterocycles. The molecule has 0 atom stereocenters. The fourth-order valence-electron chi connectivity index (χ4n) is 0.974. The van der Waals surface area contributed by atoms with E-state index in [4.69, 9.17) is 0 Å². The first kappa shape index (κ1) is 9.77. The molecule has 0 bridgehead atoms. The van der Waals surface area contributed by atoms with E-state index in [0.717, 1.165) is 6.07 Å². The molecule has 0 fully saturated rings. The van der Waals surface area contributed by atoms with Gasteiger partial charge in [0.15, 0.2) is 17.9 Å². The molecule has 0 saturated carbocycles. The Morgan fingerprint density at radius 1 is 1.15 bits per heavy atom. The van der Waals surface area contributed by atoms with E-state index in [1.807, 2.05) is 0 Å². The van der Waals surface area contributed by atoms with Crippen LogP contribution in [-0.2, 0) is 11.2 Å². The Balaban J connectivity index is 3.02.